The van der Waals surface area contributed by atoms with Crippen molar-refractivity contribution in [1.29, 1.82) is 0 Å². The van der Waals surface area contributed by atoms with Gasteiger partial charge in [0.2, 0.25) is 0 Å². The highest BCUT2D eigenvalue weighted by atomic mass is 16.5. The predicted octanol–water partition coefficient (Wildman–Crippen LogP) is 4.89. The molecule has 2 bridgehead atoms. The van der Waals surface area contributed by atoms with Crippen LogP contribution in [-0.4, -0.2) is 40.8 Å². The Morgan fingerprint density at radius 3 is 2.84 bits per heavy atom. The molecule has 1 unspecified atom stereocenters. The summed E-state index contributed by atoms with van der Waals surface area (Å²) in [5, 5.41) is 12.8. The number of piperidine rings is 3. The van der Waals surface area contributed by atoms with Crippen molar-refractivity contribution >= 4 is 10.9 Å². The molecule has 3 saturated heterocycles. The van der Waals surface area contributed by atoms with Crippen LogP contribution in [0.1, 0.15) is 30.1 Å². The molecule has 3 aromatic rings. The molecule has 4 nitrogen and oxygen atoms in total. The number of methoxy groups -OCH3 is 1. The average molecular weight is 416 g/mol. The van der Waals surface area contributed by atoms with E-state index in [1.165, 1.54) is 12.0 Å². The second-order valence-corrected chi connectivity index (χ2v) is 9.25. The molecule has 0 radical (unpaired) electrons. The van der Waals surface area contributed by atoms with E-state index in [1.54, 1.807) is 7.11 Å². The van der Waals surface area contributed by atoms with Gasteiger partial charge in [0.05, 0.1) is 25.7 Å². The third-order valence-electron chi connectivity index (χ3n) is 7.68. The van der Waals surface area contributed by atoms with Crippen molar-refractivity contribution in [3.63, 3.8) is 0 Å². The Balaban J connectivity index is 1.56. The molecule has 1 N–H and O–H groups in total. The van der Waals surface area contributed by atoms with E-state index < -0.39 is 6.10 Å². The van der Waals surface area contributed by atoms with Crippen LogP contribution in [0.5, 0.6) is 5.75 Å². The fourth-order valence-corrected chi connectivity index (χ4v) is 6.07. The number of aliphatic hydroxyl groups excluding tert-OH is 1. The van der Waals surface area contributed by atoms with Crippen molar-refractivity contribution in [1.82, 2.24) is 4.98 Å². The zero-order valence-corrected chi connectivity index (χ0v) is 18.2. The molecular formula is C27H31N2O2+. The van der Waals surface area contributed by atoms with Crippen LogP contribution in [0.3, 0.4) is 0 Å². The summed E-state index contributed by atoms with van der Waals surface area (Å²) in [7, 11) is 1.68. The lowest BCUT2D eigenvalue weighted by atomic mass is 9.71. The number of pyridine rings is 1. The molecule has 6 rings (SSSR count). The number of nitrogens with zero attached hydrogens (tertiary/aromatic N) is 2. The van der Waals surface area contributed by atoms with E-state index in [1.807, 2.05) is 30.5 Å². The number of hydrogen-bond donors (Lipinski definition) is 1. The lowest BCUT2D eigenvalue weighted by Gasteiger charge is -2.58. The largest absolute Gasteiger partial charge is 0.497 e. The van der Waals surface area contributed by atoms with Gasteiger partial charge < -0.3 is 14.3 Å². The topological polar surface area (TPSA) is 42.4 Å². The summed E-state index contributed by atoms with van der Waals surface area (Å²) in [6.45, 7) is 7.25. The second-order valence-electron chi connectivity index (χ2n) is 9.25. The van der Waals surface area contributed by atoms with Crippen molar-refractivity contribution in [3.05, 3.63) is 84.6 Å². The van der Waals surface area contributed by atoms with Gasteiger partial charge in [-0.25, -0.2) is 0 Å². The Bertz CT molecular complexity index is 1080. The molecule has 3 aliphatic heterocycles. The maximum absolute atomic E-state index is 11.8. The number of benzene rings is 2. The summed E-state index contributed by atoms with van der Waals surface area (Å²) < 4.78 is 6.38. The number of fused-ring (bicyclic) bond motifs is 4. The monoisotopic (exact) mass is 415 g/mol. The minimum absolute atomic E-state index is 0.159. The van der Waals surface area contributed by atoms with Crippen LogP contribution < -0.4 is 4.74 Å². The molecule has 3 aliphatic rings. The molecule has 4 heteroatoms. The minimum Gasteiger partial charge on any atom is -0.497 e. The predicted molar refractivity (Wildman–Crippen MR) is 124 cm³/mol. The van der Waals surface area contributed by atoms with Crippen LogP contribution in [0.4, 0.5) is 0 Å². The van der Waals surface area contributed by atoms with E-state index in [0.29, 0.717) is 11.8 Å². The molecule has 31 heavy (non-hydrogen) atoms. The van der Waals surface area contributed by atoms with E-state index in [0.717, 1.165) is 52.8 Å². The Hall–Kier alpha value is -2.69. The Morgan fingerprint density at radius 2 is 2.06 bits per heavy atom. The second kappa shape index (κ2) is 8.10. The van der Waals surface area contributed by atoms with Crippen molar-refractivity contribution in [2.75, 3.05) is 20.2 Å². The van der Waals surface area contributed by atoms with E-state index in [9.17, 15) is 5.11 Å². The number of quaternary nitrogens is 1. The van der Waals surface area contributed by atoms with Crippen LogP contribution >= 0.6 is 0 Å². The molecule has 0 amide bonds. The highest BCUT2D eigenvalue weighted by molar-refractivity contribution is 5.83. The Labute approximate surface area is 184 Å². The molecule has 4 heterocycles. The van der Waals surface area contributed by atoms with Crippen molar-refractivity contribution in [3.8, 4) is 5.75 Å². The van der Waals surface area contributed by atoms with E-state index in [-0.39, 0.29) is 6.04 Å². The van der Waals surface area contributed by atoms with E-state index >= 15 is 0 Å². The van der Waals surface area contributed by atoms with Gasteiger partial charge in [-0.1, -0.05) is 36.4 Å². The van der Waals surface area contributed by atoms with Gasteiger partial charge in [0.15, 0.2) is 0 Å². The third-order valence-corrected chi connectivity index (χ3v) is 7.68. The van der Waals surface area contributed by atoms with Crippen molar-refractivity contribution in [2.45, 2.75) is 31.5 Å². The fourth-order valence-electron chi connectivity index (χ4n) is 6.07. The van der Waals surface area contributed by atoms with Gasteiger partial charge in [-0.15, -0.1) is 6.58 Å². The van der Waals surface area contributed by atoms with Crippen LogP contribution in [0, 0.1) is 11.8 Å². The molecule has 3 fully saturated rings. The fraction of sp³-hybridized carbons (Fsp3) is 0.370. The van der Waals surface area contributed by atoms with Gasteiger partial charge in [-0.05, 0) is 35.7 Å². The van der Waals surface area contributed by atoms with Gasteiger partial charge in [0.25, 0.3) is 0 Å². The molecule has 0 spiro atoms. The highest BCUT2D eigenvalue weighted by Gasteiger charge is 2.53. The first-order valence-electron chi connectivity index (χ1n) is 11.3. The standard InChI is InChI=1S/C27H31N2O2/c1-3-20-18-29(17-19-7-5-4-6-8-19)14-12-21(20)15-26(29)27(30)23-11-13-28-25-10-9-22(31-2)16-24(23)25/h3-11,13,16,20-21,26-27,30H,1,12,14-15,17-18H2,2H3/q+1/t20-,21+,26-,27+,29?/m0/s1. The van der Waals surface area contributed by atoms with E-state index in [2.05, 4.69) is 48.0 Å². The van der Waals surface area contributed by atoms with Crippen molar-refractivity contribution in [2.24, 2.45) is 11.8 Å². The molecule has 0 saturated carbocycles. The molecule has 2 aromatic carbocycles. The zero-order valence-electron chi connectivity index (χ0n) is 18.2. The molecular weight excluding hydrogens is 384 g/mol. The van der Waals surface area contributed by atoms with Gasteiger partial charge in [0, 0.05) is 35.9 Å². The first-order valence-corrected chi connectivity index (χ1v) is 11.3. The highest BCUT2D eigenvalue weighted by Crippen LogP contribution is 2.48. The summed E-state index contributed by atoms with van der Waals surface area (Å²) >= 11 is 0. The van der Waals surface area contributed by atoms with Crippen LogP contribution in [-0.2, 0) is 6.54 Å². The summed E-state index contributed by atoms with van der Waals surface area (Å²) in [5.41, 5.74) is 3.19. The summed E-state index contributed by atoms with van der Waals surface area (Å²) in [4.78, 5) is 4.52. The average Bonchev–Trinajstić information content (AvgIpc) is 2.83. The summed E-state index contributed by atoms with van der Waals surface area (Å²) in [6.07, 6.45) is 5.65. The number of rotatable bonds is 6. The Kier molecular flexibility index (Phi) is 5.28. The van der Waals surface area contributed by atoms with Gasteiger partial charge >= 0.3 is 0 Å². The lowest BCUT2D eigenvalue weighted by molar-refractivity contribution is -0.984. The number of ether oxygens (including phenoxy) is 1. The lowest BCUT2D eigenvalue weighted by Crippen LogP contribution is -2.67. The van der Waals surface area contributed by atoms with Crippen LogP contribution in [0.15, 0.2) is 73.4 Å². The number of aliphatic hydroxyl groups is 1. The molecule has 0 aliphatic carbocycles. The summed E-state index contributed by atoms with van der Waals surface area (Å²) in [5.74, 6) is 1.92. The molecule has 160 valence electrons. The van der Waals surface area contributed by atoms with Gasteiger partial charge in [0.1, 0.15) is 24.4 Å². The SMILES string of the molecule is C=C[C@H]1C[N+]2(Cc3ccccc3)CC[C@@H]1C[C@H]2[C@H](O)c1ccnc2ccc(OC)cc12. The van der Waals surface area contributed by atoms with Crippen LogP contribution in [0.25, 0.3) is 10.9 Å². The maximum atomic E-state index is 11.8. The van der Waals surface area contributed by atoms with Crippen molar-refractivity contribution < 1.29 is 14.3 Å². The van der Waals surface area contributed by atoms with Gasteiger partial charge in [-0.3, -0.25) is 4.98 Å². The number of aromatic nitrogens is 1. The minimum atomic E-state index is -0.546. The third kappa shape index (κ3) is 3.54. The van der Waals surface area contributed by atoms with Gasteiger partial charge in [-0.2, -0.15) is 0 Å². The Morgan fingerprint density at radius 1 is 1.23 bits per heavy atom. The van der Waals surface area contributed by atoms with Crippen LogP contribution in [0.2, 0.25) is 0 Å². The first-order chi connectivity index (χ1) is 15.1. The van der Waals surface area contributed by atoms with E-state index in [4.69, 9.17) is 4.74 Å². The normalized spacial score (nSPS) is 28.4. The quantitative estimate of drug-likeness (QED) is 0.460. The first kappa shape index (κ1) is 20.2. The number of hydrogen-bond acceptors (Lipinski definition) is 3. The molecule has 1 aromatic heterocycles. The smallest absolute Gasteiger partial charge is 0.131 e. The summed E-state index contributed by atoms with van der Waals surface area (Å²) in [6, 6.07) is 18.8. The molecule has 5 atom stereocenters. The maximum Gasteiger partial charge on any atom is 0.131 e. The zero-order chi connectivity index (χ0) is 21.4.